The molecule has 1 fully saturated rings. The molecule has 0 radical (unpaired) electrons. The zero-order valence-corrected chi connectivity index (χ0v) is 11.6. The molecule has 0 bridgehead atoms. The SMILES string of the molecule is CC(=N)c1cc(C2(C)CCCCC2)c(C)cc1O. The van der Waals surface area contributed by atoms with Gasteiger partial charge in [-0.05, 0) is 55.4 Å². The van der Waals surface area contributed by atoms with Crippen LogP contribution < -0.4 is 0 Å². The van der Waals surface area contributed by atoms with Crippen LogP contribution in [0.15, 0.2) is 12.1 Å². The number of nitrogens with one attached hydrogen (secondary N) is 1. The van der Waals surface area contributed by atoms with Crippen molar-refractivity contribution in [3.05, 3.63) is 28.8 Å². The van der Waals surface area contributed by atoms with Crippen molar-refractivity contribution in [2.75, 3.05) is 0 Å². The number of hydrogen-bond acceptors (Lipinski definition) is 2. The maximum atomic E-state index is 9.93. The summed E-state index contributed by atoms with van der Waals surface area (Å²) in [6.45, 7) is 6.13. The van der Waals surface area contributed by atoms with Crippen LogP contribution in [-0.4, -0.2) is 10.8 Å². The van der Waals surface area contributed by atoms with E-state index in [4.69, 9.17) is 5.41 Å². The van der Waals surface area contributed by atoms with Gasteiger partial charge in [-0.25, -0.2) is 0 Å². The highest BCUT2D eigenvalue weighted by Gasteiger charge is 2.30. The molecule has 18 heavy (non-hydrogen) atoms. The minimum absolute atomic E-state index is 0.222. The maximum Gasteiger partial charge on any atom is 0.124 e. The van der Waals surface area contributed by atoms with Gasteiger partial charge in [0.25, 0.3) is 0 Å². The molecule has 2 rings (SSSR count). The Bertz CT molecular complexity index is 470. The molecule has 2 N–H and O–H groups in total. The lowest BCUT2D eigenvalue weighted by Crippen LogP contribution is -2.26. The van der Waals surface area contributed by atoms with Crippen molar-refractivity contribution in [2.24, 2.45) is 0 Å². The van der Waals surface area contributed by atoms with Crippen molar-refractivity contribution in [3.8, 4) is 5.75 Å². The van der Waals surface area contributed by atoms with Crippen molar-refractivity contribution in [2.45, 2.75) is 58.3 Å². The molecular formula is C16H23NO. The Hall–Kier alpha value is -1.31. The Labute approximate surface area is 110 Å². The van der Waals surface area contributed by atoms with Gasteiger partial charge in [0.2, 0.25) is 0 Å². The second-order valence-corrected chi connectivity index (χ2v) is 5.93. The molecule has 0 aliphatic heterocycles. The van der Waals surface area contributed by atoms with Gasteiger partial charge in [0.05, 0.1) is 0 Å². The Kier molecular flexibility index (Phi) is 3.47. The fourth-order valence-electron chi connectivity index (χ4n) is 3.24. The Morgan fingerprint density at radius 2 is 1.83 bits per heavy atom. The Morgan fingerprint density at radius 1 is 1.22 bits per heavy atom. The predicted molar refractivity (Wildman–Crippen MR) is 75.8 cm³/mol. The lowest BCUT2D eigenvalue weighted by Gasteiger charge is -2.35. The van der Waals surface area contributed by atoms with Gasteiger partial charge in [0.1, 0.15) is 5.75 Å². The number of phenolic OH excluding ortho intramolecular Hbond substituents is 1. The van der Waals surface area contributed by atoms with Crippen LogP contribution >= 0.6 is 0 Å². The standard InChI is InChI=1S/C16H23NO/c1-11-9-15(18)13(12(2)17)10-14(11)16(3)7-5-4-6-8-16/h9-10,17-18H,4-8H2,1-3H3. The molecule has 1 saturated carbocycles. The number of hydrogen-bond donors (Lipinski definition) is 2. The lowest BCUT2D eigenvalue weighted by atomic mass is 9.69. The van der Waals surface area contributed by atoms with E-state index in [2.05, 4.69) is 13.8 Å². The average Bonchev–Trinajstić information content (AvgIpc) is 2.29. The predicted octanol–water partition coefficient (Wildman–Crippen LogP) is 4.31. The molecule has 1 aliphatic carbocycles. The van der Waals surface area contributed by atoms with E-state index in [1.54, 1.807) is 6.92 Å². The third-order valence-electron chi connectivity index (χ3n) is 4.35. The second kappa shape index (κ2) is 4.75. The quantitative estimate of drug-likeness (QED) is 0.749. The van der Waals surface area contributed by atoms with Crippen LogP contribution in [0.4, 0.5) is 0 Å². The summed E-state index contributed by atoms with van der Waals surface area (Å²) >= 11 is 0. The van der Waals surface area contributed by atoms with Gasteiger partial charge >= 0.3 is 0 Å². The van der Waals surface area contributed by atoms with Crippen LogP contribution in [0.1, 0.15) is 62.6 Å². The minimum Gasteiger partial charge on any atom is -0.507 e. The van der Waals surface area contributed by atoms with Crippen molar-refractivity contribution < 1.29 is 5.11 Å². The van der Waals surface area contributed by atoms with Crippen molar-refractivity contribution >= 4 is 5.71 Å². The third kappa shape index (κ3) is 2.29. The highest BCUT2D eigenvalue weighted by molar-refractivity contribution is 5.99. The summed E-state index contributed by atoms with van der Waals surface area (Å²) < 4.78 is 0. The number of aromatic hydroxyl groups is 1. The summed E-state index contributed by atoms with van der Waals surface area (Å²) in [6, 6.07) is 3.86. The zero-order valence-electron chi connectivity index (χ0n) is 11.6. The molecule has 0 atom stereocenters. The zero-order chi connectivity index (χ0) is 13.3. The van der Waals surface area contributed by atoms with E-state index in [1.807, 2.05) is 12.1 Å². The summed E-state index contributed by atoms with van der Waals surface area (Å²) in [5.41, 5.74) is 3.82. The summed E-state index contributed by atoms with van der Waals surface area (Å²) in [4.78, 5) is 0. The monoisotopic (exact) mass is 245 g/mol. The largest absolute Gasteiger partial charge is 0.507 e. The second-order valence-electron chi connectivity index (χ2n) is 5.93. The van der Waals surface area contributed by atoms with Crippen LogP contribution in [-0.2, 0) is 5.41 Å². The van der Waals surface area contributed by atoms with Crippen molar-refractivity contribution in [1.29, 1.82) is 5.41 Å². The van der Waals surface area contributed by atoms with Gasteiger partial charge in [-0.3, -0.25) is 0 Å². The lowest BCUT2D eigenvalue weighted by molar-refractivity contribution is 0.318. The number of aryl methyl sites for hydroxylation is 1. The highest BCUT2D eigenvalue weighted by Crippen LogP contribution is 2.41. The summed E-state index contributed by atoms with van der Waals surface area (Å²) in [5, 5.41) is 17.7. The van der Waals surface area contributed by atoms with Gasteiger partial charge < -0.3 is 10.5 Å². The number of benzene rings is 1. The van der Waals surface area contributed by atoms with E-state index in [0.29, 0.717) is 11.3 Å². The molecule has 2 nitrogen and oxygen atoms in total. The van der Waals surface area contributed by atoms with Crippen molar-refractivity contribution in [3.63, 3.8) is 0 Å². The maximum absolute atomic E-state index is 9.93. The van der Waals surface area contributed by atoms with Gasteiger partial charge in [0.15, 0.2) is 0 Å². The van der Waals surface area contributed by atoms with Gasteiger partial charge in [-0.1, -0.05) is 26.2 Å². The Morgan fingerprint density at radius 3 is 2.39 bits per heavy atom. The minimum atomic E-state index is 0.222. The number of rotatable bonds is 2. The molecule has 0 saturated heterocycles. The Balaban J connectivity index is 2.49. The molecule has 1 aliphatic rings. The molecule has 0 heterocycles. The average molecular weight is 245 g/mol. The first-order valence-electron chi connectivity index (χ1n) is 6.84. The molecule has 98 valence electrons. The van der Waals surface area contributed by atoms with Gasteiger partial charge in [0, 0.05) is 11.3 Å². The van der Waals surface area contributed by atoms with Crippen LogP contribution in [0, 0.1) is 12.3 Å². The van der Waals surface area contributed by atoms with Crippen LogP contribution in [0.5, 0.6) is 5.75 Å². The van der Waals surface area contributed by atoms with E-state index in [0.717, 1.165) is 5.56 Å². The summed E-state index contributed by atoms with van der Waals surface area (Å²) in [6.07, 6.45) is 6.35. The van der Waals surface area contributed by atoms with Gasteiger partial charge in [-0.15, -0.1) is 0 Å². The first kappa shape index (κ1) is 13.1. The molecule has 1 aromatic rings. The summed E-state index contributed by atoms with van der Waals surface area (Å²) in [5.74, 6) is 0.239. The first-order chi connectivity index (χ1) is 8.44. The summed E-state index contributed by atoms with van der Waals surface area (Å²) in [7, 11) is 0. The third-order valence-corrected chi connectivity index (χ3v) is 4.35. The molecule has 1 aromatic carbocycles. The normalized spacial score (nSPS) is 18.6. The van der Waals surface area contributed by atoms with Gasteiger partial charge in [-0.2, -0.15) is 0 Å². The van der Waals surface area contributed by atoms with Crippen LogP contribution in [0.2, 0.25) is 0 Å². The molecular weight excluding hydrogens is 222 g/mol. The molecule has 0 spiro atoms. The van der Waals surface area contributed by atoms with E-state index < -0.39 is 0 Å². The van der Waals surface area contributed by atoms with E-state index in [9.17, 15) is 5.11 Å². The fourth-order valence-corrected chi connectivity index (χ4v) is 3.24. The molecule has 0 aromatic heterocycles. The molecule has 0 unspecified atom stereocenters. The topological polar surface area (TPSA) is 44.1 Å². The highest BCUT2D eigenvalue weighted by atomic mass is 16.3. The van der Waals surface area contributed by atoms with E-state index >= 15 is 0 Å². The number of phenols is 1. The van der Waals surface area contributed by atoms with Crippen molar-refractivity contribution in [1.82, 2.24) is 0 Å². The molecule has 2 heteroatoms. The van der Waals surface area contributed by atoms with E-state index in [1.165, 1.54) is 37.7 Å². The smallest absolute Gasteiger partial charge is 0.124 e. The van der Waals surface area contributed by atoms with Crippen LogP contribution in [0.3, 0.4) is 0 Å². The first-order valence-corrected chi connectivity index (χ1v) is 6.84. The van der Waals surface area contributed by atoms with E-state index in [-0.39, 0.29) is 11.2 Å². The fraction of sp³-hybridized carbons (Fsp3) is 0.562. The van der Waals surface area contributed by atoms with Crippen LogP contribution in [0.25, 0.3) is 0 Å². The molecule has 0 amide bonds.